The first-order chi connectivity index (χ1) is 8.99. The van der Waals surface area contributed by atoms with Gasteiger partial charge in [-0.2, -0.15) is 10.2 Å². The van der Waals surface area contributed by atoms with Gasteiger partial charge in [-0.25, -0.2) is 0 Å². The van der Waals surface area contributed by atoms with Gasteiger partial charge in [-0.05, 0) is 36.8 Å². The maximum absolute atomic E-state index is 11.4. The van der Waals surface area contributed by atoms with E-state index >= 15 is 0 Å². The standard InChI is InChI=1S/C16H26N2O/c1-12(2)7-5-8-13(3)9-6-10-14(4)11-15(19)16-17-18-16/h6,10-13,16H,5,7-9H2,1-4H3/b10-6+,14-11+. The van der Waals surface area contributed by atoms with Crippen molar-refractivity contribution < 1.29 is 4.79 Å². The number of carbonyl (C=O) groups excluding carboxylic acids is 1. The zero-order chi connectivity index (χ0) is 14.3. The molecule has 1 aliphatic rings. The minimum absolute atomic E-state index is 0.00729. The Balaban J connectivity index is 2.18. The molecule has 1 atom stereocenters. The molecule has 1 unspecified atom stereocenters. The number of ketones is 1. The Morgan fingerprint density at radius 3 is 2.47 bits per heavy atom. The molecule has 3 heteroatoms. The highest BCUT2D eigenvalue weighted by atomic mass is 16.1. The van der Waals surface area contributed by atoms with Gasteiger partial charge in [-0.1, -0.05) is 52.2 Å². The molecule has 0 aliphatic carbocycles. The molecule has 0 radical (unpaired) electrons. The molecule has 0 N–H and O–H groups in total. The zero-order valence-corrected chi connectivity index (χ0v) is 12.6. The summed E-state index contributed by atoms with van der Waals surface area (Å²) in [6, 6.07) is 0. The van der Waals surface area contributed by atoms with Crippen molar-refractivity contribution >= 4 is 5.78 Å². The van der Waals surface area contributed by atoms with Crippen molar-refractivity contribution in [3.63, 3.8) is 0 Å². The molecule has 0 aromatic carbocycles. The van der Waals surface area contributed by atoms with Gasteiger partial charge in [0.05, 0.1) is 0 Å². The Kier molecular flexibility index (Phi) is 6.68. The molecular formula is C16H26N2O. The lowest BCUT2D eigenvalue weighted by Crippen LogP contribution is -2.01. The highest BCUT2D eigenvalue weighted by Gasteiger charge is 2.23. The first-order valence-electron chi connectivity index (χ1n) is 7.27. The van der Waals surface area contributed by atoms with E-state index in [1.165, 1.54) is 19.3 Å². The van der Waals surface area contributed by atoms with Crippen LogP contribution in [0.4, 0.5) is 0 Å². The van der Waals surface area contributed by atoms with Crippen molar-refractivity contribution in [2.24, 2.45) is 22.1 Å². The van der Waals surface area contributed by atoms with E-state index in [0.717, 1.165) is 17.9 Å². The Bertz CT molecular complexity index is 374. The summed E-state index contributed by atoms with van der Waals surface area (Å²) in [4.78, 5) is 11.4. The van der Waals surface area contributed by atoms with Gasteiger partial charge < -0.3 is 0 Å². The van der Waals surface area contributed by atoms with Crippen LogP contribution in [0.2, 0.25) is 0 Å². The molecule has 0 amide bonds. The molecule has 106 valence electrons. The second-order valence-electron chi connectivity index (χ2n) is 5.96. The normalized spacial score (nSPS) is 17.4. The van der Waals surface area contributed by atoms with Crippen molar-refractivity contribution in [1.82, 2.24) is 0 Å². The number of nitrogens with zero attached hydrogens (tertiary/aromatic N) is 2. The van der Waals surface area contributed by atoms with Gasteiger partial charge in [0.25, 0.3) is 0 Å². The highest BCUT2D eigenvalue weighted by molar-refractivity contribution is 5.96. The fourth-order valence-corrected chi connectivity index (χ4v) is 1.97. The van der Waals surface area contributed by atoms with E-state index in [2.05, 4.69) is 37.1 Å². The first-order valence-corrected chi connectivity index (χ1v) is 7.27. The summed E-state index contributed by atoms with van der Waals surface area (Å²) in [5.41, 5.74) is 0.983. The summed E-state index contributed by atoms with van der Waals surface area (Å²) < 4.78 is 0. The number of hydrogen-bond donors (Lipinski definition) is 0. The van der Waals surface area contributed by atoms with E-state index in [9.17, 15) is 4.79 Å². The smallest absolute Gasteiger partial charge is 0.242 e. The SMILES string of the molecule is CC(/C=C/CC(C)CCCC(C)C)=C\C(=O)C1N=N1. The highest BCUT2D eigenvalue weighted by Crippen LogP contribution is 2.16. The lowest BCUT2D eigenvalue weighted by Gasteiger charge is -2.09. The van der Waals surface area contributed by atoms with Crippen molar-refractivity contribution in [3.8, 4) is 0 Å². The van der Waals surface area contributed by atoms with Crippen LogP contribution in [-0.2, 0) is 4.79 Å². The third kappa shape index (κ3) is 7.70. The minimum Gasteiger partial charge on any atom is -0.290 e. The Labute approximate surface area is 116 Å². The van der Waals surface area contributed by atoms with Crippen LogP contribution in [0.3, 0.4) is 0 Å². The molecule has 3 nitrogen and oxygen atoms in total. The van der Waals surface area contributed by atoms with E-state index in [4.69, 9.17) is 0 Å². The molecule has 1 rings (SSSR count). The minimum atomic E-state index is -0.404. The fraction of sp³-hybridized carbons (Fsp3) is 0.688. The van der Waals surface area contributed by atoms with Crippen LogP contribution in [0.15, 0.2) is 34.0 Å². The van der Waals surface area contributed by atoms with E-state index in [-0.39, 0.29) is 5.78 Å². The second kappa shape index (κ2) is 8.03. The maximum Gasteiger partial charge on any atom is 0.242 e. The Morgan fingerprint density at radius 1 is 1.21 bits per heavy atom. The molecule has 19 heavy (non-hydrogen) atoms. The van der Waals surface area contributed by atoms with E-state index in [1.807, 2.05) is 13.0 Å². The van der Waals surface area contributed by atoms with E-state index in [1.54, 1.807) is 6.08 Å². The lowest BCUT2D eigenvalue weighted by molar-refractivity contribution is -0.114. The summed E-state index contributed by atoms with van der Waals surface area (Å²) in [6.07, 6.45) is 10.4. The van der Waals surface area contributed by atoms with E-state index < -0.39 is 6.17 Å². The van der Waals surface area contributed by atoms with Crippen molar-refractivity contribution in [1.29, 1.82) is 0 Å². The molecule has 0 fully saturated rings. The molecule has 0 bridgehead atoms. The third-order valence-corrected chi connectivity index (χ3v) is 3.25. The molecule has 0 spiro atoms. The van der Waals surface area contributed by atoms with Crippen molar-refractivity contribution in [3.05, 3.63) is 23.8 Å². The first kappa shape index (κ1) is 15.8. The molecule has 0 saturated carbocycles. The summed E-state index contributed by atoms with van der Waals surface area (Å²) in [5, 5.41) is 7.24. The predicted molar refractivity (Wildman–Crippen MR) is 79.0 cm³/mol. The maximum atomic E-state index is 11.4. The Hall–Kier alpha value is -1.25. The van der Waals surface area contributed by atoms with Crippen molar-refractivity contribution in [2.45, 2.75) is 59.5 Å². The molecule has 0 aromatic rings. The van der Waals surface area contributed by atoms with Gasteiger partial charge in [-0.15, -0.1) is 0 Å². The van der Waals surface area contributed by atoms with Gasteiger partial charge in [0, 0.05) is 0 Å². The quantitative estimate of drug-likeness (QED) is 0.438. The van der Waals surface area contributed by atoms with Crippen molar-refractivity contribution in [2.75, 3.05) is 0 Å². The molecule has 1 aliphatic heterocycles. The van der Waals surface area contributed by atoms with E-state index in [0.29, 0.717) is 5.92 Å². The summed E-state index contributed by atoms with van der Waals surface area (Å²) in [7, 11) is 0. The predicted octanol–water partition coefficient (Wildman–Crippen LogP) is 4.70. The van der Waals surface area contributed by atoms with Crippen LogP contribution >= 0.6 is 0 Å². The third-order valence-electron chi connectivity index (χ3n) is 3.25. The number of allylic oxidation sites excluding steroid dienone is 3. The lowest BCUT2D eigenvalue weighted by atomic mass is 9.97. The fourth-order valence-electron chi connectivity index (χ4n) is 1.97. The van der Waals surface area contributed by atoms with Gasteiger partial charge in [0.15, 0.2) is 0 Å². The van der Waals surface area contributed by atoms with Gasteiger partial charge >= 0.3 is 0 Å². The molecule has 1 heterocycles. The average molecular weight is 262 g/mol. The van der Waals surface area contributed by atoms with Gasteiger partial charge in [-0.3, -0.25) is 4.79 Å². The average Bonchev–Trinajstić information content (AvgIpc) is 3.11. The molecule has 0 aromatic heterocycles. The monoisotopic (exact) mass is 262 g/mol. The van der Waals surface area contributed by atoms with Crippen LogP contribution in [-0.4, -0.2) is 11.9 Å². The summed E-state index contributed by atoms with van der Waals surface area (Å²) in [6.45, 7) is 8.78. The largest absolute Gasteiger partial charge is 0.290 e. The Morgan fingerprint density at radius 2 is 1.89 bits per heavy atom. The van der Waals surface area contributed by atoms with Crippen LogP contribution in [0, 0.1) is 11.8 Å². The van der Waals surface area contributed by atoms with Gasteiger partial charge in [0.2, 0.25) is 11.9 Å². The summed E-state index contributed by atoms with van der Waals surface area (Å²) >= 11 is 0. The number of carbonyl (C=O) groups is 1. The van der Waals surface area contributed by atoms with Crippen LogP contribution in [0.25, 0.3) is 0 Å². The number of rotatable bonds is 9. The summed E-state index contributed by atoms with van der Waals surface area (Å²) in [5.74, 6) is 1.51. The zero-order valence-electron chi connectivity index (χ0n) is 12.6. The van der Waals surface area contributed by atoms with Gasteiger partial charge in [0.1, 0.15) is 0 Å². The van der Waals surface area contributed by atoms with Crippen LogP contribution in [0.5, 0.6) is 0 Å². The molecule has 0 saturated heterocycles. The van der Waals surface area contributed by atoms with Crippen LogP contribution in [0.1, 0.15) is 53.4 Å². The second-order valence-corrected chi connectivity index (χ2v) is 5.96. The number of hydrogen-bond acceptors (Lipinski definition) is 3. The molecular weight excluding hydrogens is 236 g/mol. The topological polar surface area (TPSA) is 41.8 Å². The van der Waals surface area contributed by atoms with Crippen LogP contribution < -0.4 is 0 Å².